The minimum absolute atomic E-state index is 0.173. The highest BCUT2D eigenvalue weighted by atomic mass is 35.5. The molecule has 2 rings (SSSR count). The molecular formula is C11H12Cl3NO. The highest BCUT2D eigenvalue weighted by Gasteiger charge is 2.33. The van der Waals surface area contributed by atoms with Gasteiger partial charge < -0.3 is 10.1 Å². The van der Waals surface area contributed by atoms with Gasteiger partial charge in [-0.3, -0.25) is 0 Å². The fraction of sp³-hybridized carbons (Fsp3) is 0.455. The summed E-state index contributed by atoms with van der Waals surface area (Å²) >= 11 is 18.0. The molecule has 1 aliphatic heterocycles. The van der Waals surface area contributed by atoms with E-state index in [2.05, 4.69) is 12.2 Å². The molecule has 0 saturated carbocycles. The normalized spacial score (nSPS) is 18.0. The third-order valence-corrected chi connectivity index (χ3v) is 3.41. The second kappa shape index (κ2) is 4.61. The van der Waals surface area contributed by atoms with Crippen LogP contribution in [0.25, 0.3) is 0 Å². The van der Waals surface area contributed by atoms with Crippen LogP contribution >= 0.6 is 34.8 Å². The summed E-state index contributed by atoms with van der Waals surface area (Å²) < 4.78 is 5.18. The summed E-state index contributed by atoms with van der Waals surface area (Å²) in [5.41, 5.74) is 0.910. The summed E-state index contributed by atoms with van der Waals surface area (Å²) in [6.07, 6.45) is 0. The Balaban J connectivity index is 2.09. The quantitative estimate of drug-likeness (QED) is 0.900. The zero-order valence-corrected chi connectivity index (χ0v) is 11.1. The van der Waals surface area contributed by atoms with Crippen LogP contribution in [0.3, 0.4) is 0 Å². The summed E-state index contributed by atoms with van der Waals surface area (Å²) in [6.45, 7) is 4.47. The molecule has 1 aliphatic rings. The topological polar surface area (TPSA) is 21.3 Å². The molecule has 0 atom stereocenters. The molecule has 0 bridgehead atoms. The van der Waals surface area contributed by atoms with Crippen molar-refractivity contribution in [3.63, 3.8) is 0 Å². The predicted octanol–water partition coefficient (Wildman–Crippen LogP) is 4.10. The van der Waals surface area contributed by atoms with Gasteiger partial charge in [-0.1, -0.05) is 41.7 Å². The summed E-state index contributed by atoms with van der Waals surface area (Å²) in [6, 6.07) is 3.36. The maximum absolute atomic E-state index is 6.06. The van der Waals surface area contributed by atoms with Crippen LogP contribution in [0.4, 0.5) is 5.69 Å². The predicted molar refractivity (Wildman–Crippen MR) is 68.9 cm³/mol. The van der Waals surface area contributed by atoms with Crippen molar-refractivity contribution < 1.29 is 4.74 Å². The Morgan fingerprint density at radius 2 is 1.81 bits per heavy atom. The number of anilines is 1. The Kier molecular flexibility index (Phi) is 3.55. The summed E-state index contributed by atoms with van der Waals surface area (Å²) in [7, 11) is 0. The lowest BCUT2D eigenvalue weighted by atomic mass is 9.89. The number of ether oxygens (including phenoxy) is 1. The monoisotopic (exact) mass is 279 g/mol. The number of rotatable bonds is 3. The van der Waals surface area contributed by atoms with E-state index in [1.807, 2.05) is 0 Å². The van der Waals surface area contributed by atoms with E-state index >= 15 is 0 Å². The van der Waals surface area contributed by atoms with Gasteiger partial charge in [-0.15, -0.1) is 0 Å². The lowest BCUT2D eigenvalue weighted by Gasteiger charge is -2.38. The first-order valence-corrected chi connectivity index (χ1v) is 6.10. The molecule has 1 aromatic rings. The second-order valence-electron chi connectivity index (χ2n) is 4.40. The SMILES string of the molecule is CC1(CNc2c(Cl)cc(Cl)cc2Cl)COC1. The van der Waals surface area contributed by atoms with Gasteiger partial charge in [0.1, 0.15) is 0 Å². The van der Waals surface area contributed by atoms with Crippen molar-refractivity contribution in [2.24, 2.45) is 5.41 Å². The van der Waals surface area contributed by atoms with Crippen molar-refractivity contribution in [1.82, 2.24) is 0 Å². The van der Waals surface area contributed by atoms with Crippen molar-refractivity contribution in [3.05, 3.63) is 27.2 Å². The molecule has 1 N–H and O–H groups in total. The zero-order valence-electron chi connectivity index (χ0n) is 8.82. The van der Waals surface area contributed by atoms with Gasteiger partial charge in [-0.2, -0.15) is 0 Å². The van der Waals surface area contributed by atoms with Crippen LogP contribution in [0.2, 0.25) is 15.1 Å². The molecule has 1 heterocycles. The second-order valence-corrected chi connectivity index (χ2v) is 5.65. The van der Waals surface area contributed by atoms with Gasteiger partial charge in [-0.25, -0.2) is 0 Å². The van der Waals surface area contributed by atoms with Crippen molar-refractivity contribution in [2.45, 2.75) is 6.92 Å². The van der Waals surface area contributed by atoms with Gasteiger partial charge in [0.15, 0.2) is 0 Å². The third-order valence-electron chi connectivity index (χ3n) is 2.60. The molecule has 0 aromatic heterocycles. The minimum atomic E-state index is 0.173. The van der Waals surface area contributed by atoms with Crippen LogP contribution in [-0.2, 0) is 4.74 Å². The highest BCUT2D eigenvalue weighted by Crippen LogP contribution is 2.35. The fourth-order valence-corrected chi connectivity index (χ4v) is 2.52. The maximum Gasteiger partial charge on any atom is 0.0720 e. The average Bonchev–Trinajstić information content (AvgIpc) is 2.13. The van der Waals surface area contributed by atoms with E-state index in [-0.39, 0.29) is 5.41 Å². The molecule has 5 heteroatoms. The van der Waals surface area contributed by atoms with Gasteiger partial charge in [0.05, 0.1) is 28.9 Å². The Hall–Kier alpha value is -0.150. The Morgan fingerprint density at radius 3 is 2.25 bits per heavy atom. The first kappa shape index (κ1) is 12.3. The summed E-state index contributed by atoms with van der Waals surface area (Å²) in [5, 5.41) is 4.87. The molecule has 0 aliphatic carbocycles. The van der Waals surface area contributed by atoms with E-state index < -0.39 is 0 Å². The molecule has 88 valence electrons. The highest BCUT2D eigenvalue weighted by molar-refractivity contribution is 6.41. The number of hydrogen-bond acceptors (Lipinski definition) is 2. The third kappa shape index (κ3) is 2.57. The van der Waals surface area contributed by atoms with E-state index in [0.717, 1.165) is 25.4 Å². The molecule has 1 saturated heterocycles. The zero-order chi connectivity index (χ0) is 11.8. The molecule has 0 spiro atoms. The number of benzene rings is 1. The van der Waals surface area contributed by atoms with Crippen LogP contribution in [0.1, 0.15) is 6.92 Å². The van der Waals surface area contributed by atoms with E-state index in [4.69, 9.17) is 39.5 Å². The fourth-order valence-electron chi connectivity index (χ4n) is 1.57. The Bertz CT molecular complexity index is 381. The standard InChI is InChI=1S/C11H12Cl3NO/c1-11(5-16-6-11)4-15-10-8(13)2-7(12)3-9(10)14/h2-3,15H,4-6H2,1H3. The van der Waals surface area contributed by atoms with Gasteiger partial charge in [-0.05, 0) is 12.1 Å². The molecule has 1 aromatic carbocycles. The van der Waals surface area contributed by atoms with Crippen LogP contribution in [0, 0.1) is 5.41 Å². The Morgan fingerprint density at radius 1 is 1.25 bits per heavy atom. The summed E-state index contributed by atoms with van der Waals surface area (Å²) in [5.74, 6) is 0. The summed E-state index contributed by atoms with van der Waals surface area (Å²) in [4.78, 5) is 0. The lowest BCUT2D eigenvalue weighted by molar-refractivity contribution is -0.0924. The molecular weight excluding hydrogens is 268 g/mol. The maximum atomic E-state index is 6.06. The number of halogens is 3. The van der Waals surface area contributed by atoms with Crippen molar-refractivity contribution in [1.29, 1.82) is 0 Å². The van der Waals surface area contributed by atoms with Crippen LogP contribution in [0.15, 0.2) is 12.1 Å². The molecule has 0 unspecified atom stereocenters. The van der Waals surface area contributed by atoms with Crippen molar-refractivity contribution in [3.8, 4) is 0 Å². The van der Waals surface area contributed by atoms with E-state index in [1.54, 1.807) is 12.1 Å². The van der Waals surface area contributed by atoms with Crippen LogP contribution in [-0.4, -0.2) is 19.8 Å². The minimum Gasteiger partial charge on any atom is -0.382 e. The number of nitrogens with one attached hydrogen (secondary N) is 1. The first-order valence-electron chi connectivity index (χ1n) is 4.96. The first-order chi connectivity index (χ1) is 7.50. The van der Waals surface area contributed by atoms with Crippen molar-refractivity contribution >= 4 is 40.5 Å². The molecule has 1 fully saturated rings. The van der Waals surface area contributed by atoms with E-state index in [0.29, 0.717) is 15.1 Å². The average molecular weight is 281 g/mol. The molecule has 16 heavy (non-hydrogen) atoms. The van der Waals surface area contributed by atoms with Crippen LogP contribution < -0.4 is 5.32 Å². The van der Waals surface area contributed by atoms with Gasteiger partial charge in [0, 0.05) is 17.0 Å². The largest absolute Gasteiger partial charge is 0.382 e. The van der Waals surface area contributed by atoms with Gasteiger partial charge in [0.25, 0.3) is 0 Å². The van der Waals surface area contributed by atoms with E-state index in [9.17, 15) is 0 Å². The number of hydrogen-bond donors (Lipinski definition) is 1. The molecule has 2 nitrogen and oxygen atoms in total. The molecule has 0 amide bonds. The smallest absolute Gasteiger partial charge is 0.0720 e. The van der Waals surface area contributed by atoms with Crippen molar-refractivity contribution in [2.75, 3.05) is 25.1 Å². The van der Waals surface area contributed by atoms with Gasteiger partial charge >= 0.3 is 0 Å². The van der Waals surface area contributed by atoms with E-state index in [1.165, 1.54) is 0 Å². The molecule has 0 radical (unpaired) electrons. The Labute approximate surface area is 110 Å². The van der Waals surface area contributed by atoms with Crippen LogP contribution in [0.5, 0.6) is 0 Å². The lowest BCUT2D eigenvalue weighted by Crippen LogP contribution is -2.45. The van der Waals surface area contributed by atoms with Gasteiger partial charge in [0.2, 0.25) is 0 Å².